The van der Waals surface area contributed by atoms with Gasteiger partial charge < -0.3 is 81.9 Å². The van der Waals surface area contributed by atoms with E-state index in [4.69, 9.17) is 61.6 Å². The molecule has 27 nitrogen and oxygen atoms in total. The van der Waals surface area contributed by atoms with E-state index in [1.165, 1.54) is 4.90 Å². The first-order valence-electron chi connectivity index (χ1n) is 30.9. The Morgan fingerprint density at radius 3 is 1.41 bits per heavy atom. The Labute approximate surface area is 546 Å². The van der Waals surface area contributed by atoms with Crippen LogP contribution in [0.25, 0.3) is 44.1 Å². The van der Waals surface area contributed by atoms with Gasteiger partial charge in [-0.15, -0.1) is 0 Å². The lowest BCUT2D eigenvalue weighted by Gasteiger charge is -2.32. The number of hydrogen-bond donors (Lipinski definition) is 2. The van der Waals surface area contributed by atoms with Gasteiger partial charge in [0.2, 0.25) is 24.6 Å². The van der Waals surface area contributed by atoms with Crippen LogP contribution in [0, 0.1) is 27.7 Å². The molecular formula is C67H84N12O15. The monoisotopic (exact) mass is 1300 g/mol. The molecule has 6 heterocycles. The summed E-state index contributed by atoms with van der Waals surface area (Å²) in [5.41, 5.74) is 9.41. The van der Waals surface area contributed by atoms with Crippen molar-refractivity contribution in [1.82, 2.24) is 40.9 Å². The van der Waals surface area contributed by atoms with E-state index in [1.54, 1.807) is 55.9 Å². The molecule has 0 fully saturated rings. The number of aryl methyl sites for hydroxylation is 4. The predicted molar refractivity (Wildman–Crippen MR) is 353 cm³/mol. The van der Waals surface area contributed by atoms with Crippen molar-refractivity contribution in [3.63, 3.8) is 0 Å². The van der Waals surface area contributed by atoms with Gasteiger partial charge in [0.25, 0.3) is 0 Å². The Morgan fingerprint density at radius 2 is 0.989 bits per heavy atom. The fraction of sp³-hybridized carbons (Fsp3) is 0.433. The van der Waals surface area contributed by atoms with E-state index in [-0.39, 0.29) is 63.8 Å². The van der Waals surface area contributed by atoms with Crippen molar-refractivity contribution in [2.45, 2.75) is 47.2 Å². The zero-order chi connectivity index (χ0) is 66.8. The number of rotatable bonds is 42. The molecule has 0 aliphatic heterocycles. The molecule has 0 spiro atoms. The maximum Gasteiger partial charge on any atom is 0.240 e. The Hall–Kier alpha value is -9.22. The molecule has 2 aromatic carbocycles. The van der Waals surface area contributed by atoms with Gasteiger partial charge in [-0.2, -0.15) is 0 Å². The first-order valence-corrected chi connectivity index (χ1v) is 30.9. The van der Waals surface area contributed by atoms with Gasteiger partial charge in [-0.3, -0.25) is 39.1 Å². The van der Waals surface area contributed by atoms with E-state index in [0.717, 1.165) is 34.4 Å². The van der Waals surface area contributed by atoms with Crippen LogP contribution in [0.2, 0.25) is 0 Å². The molecule has 1 unspecified atom stereocenters. The third-order valence-electron chi connectivity index (χ3n) is 15.3. The summed E-state index contributed by atoms with van der Waals surface area (Å²) in [7, 11) is 6.84. The average Bonchev–Trinajstić information content (AvgIpc) is 0.974. The molecule has 2 N–H and O–H groups in total. The molecule has 8 rings (SSSR count). The van der Waals surface area contributed by atoms with Crippen LogP contribution in [0.5, 0.6) is 11.5 Å². The van der Waals surface area contributed by atoms with E-state index in [0.29, 0.717) is 170 Å². The van der Waals surface area contributed by atoms with Crippen LogP contribution in [0.4, 0.5) is 22.7 Å². The van der Waals surface area contributed by atoms with Crippen LogP contribution in [0.15, 0.2) is 94.5 Å². The maximum atomic E-state index is 13.3. The lowest BCUT2D eigenvalue weighted by Crippen LogP contribution is -2.39. The number of fused-ring (bicyclic) bond motifs is 2. The number of carbonyl (C=O) groups is 4. The zero-order valence-electron chi connectivity index (χ0n) is 54.8. The summed E-state index contributed by atoms with van der Waals surface area (Å²) >= 11 is 0. The van der Waals surface area contributed by atoms with E-state index in [9.17, 15) is 19.2 Å². The minimum atomic E-state index is -0.381. The highest BCUT2D eigenvalue weighted by molar-refractivity contribution is 6.07. The van der Waals surface area contributed by atoms with Gasteiger partial charge in [-0.05, 0) is 83.1 Å². The number of aromatic nitrogens is 6. The van der Waals surface area contributed by atoms with Gasteiger partial charge in [-0.25, -0.2) is 0 Å². The number of carbonyl (C=O) groups excluding carboxylic acids is 4. The highest BCUT2D eigenvalue weighted by Crippen LogP contribution is 2.45. The lowest BCUT2D eigenvalue weighted by molar-refractivity contribution is -0.121. The van der Waals surface area contributed by atoms with Gasteiger partial charge in [-0.1, -0.05) is 22.4 Å². The molecule has 94 heavy (non-hydrogen) atoms. The smallest absolute Gasteiger partial charge is 0.240 e. The molecule has 27 heteroatoms. The highest BCUT2D eigenvalue weighted by atomic mass is 16.6. The number of anilines is 4. The zero-order valence-corrected chi connectivity index (χ0v) is 54.8. The number of pyridine rings is 4. The van der Waals surface area contributed by atoms with Crippen molar-refractivity contribution in [1.29, 1.82) is 0 Å². The number of nitrogens with one attached hydrogen (secondary N) is 2. The standard InChI is InChI=1S/C67H84N12O15/c1-45-64(48(4)93-74-45)53-34-56-51(36-60(53)84-8)66(77(7)47(3)55-15-11-13-17-69-55)59(39-73-56)78(43-80)42-63(83)71-19-21-87-23-25-89-27-29-91-31-33-92-32-30-90-28-26-88-24-22-86-20-18-70-62(82)41-76(6)58-38-72-57-35-54(65-46(2)75-94-49(65)5)61(85-9)37-52(57)67(58)79(44-81)40-50-14-10-12-16-68-50/h10-17,34-39,43-44,47H,18-33,40-42H2,1-9H3,(H,70,82)(H,71,83). The number of ether oxygens (including phenoxy) is 9. The number of methoxy groups -OCH3 is 2. The second-order valence-corrected chi connectivity index (χ2v) is 21.7. The third-order valence-corrected chi connectivity index (χ3v) is 15.3. The van der Waals surface area contributed by atoms with E-state index in [1.807, 2.05) is 107 Å². The molecule has 0 aliphatic carbocycles. The van der Waals surface area contributed by atoms with Gasteiger partial charge in [0, 0.05) is 61.5 Å². The largest absolute Gasteiger partial charge is 0.496 e. The van der Waals surface area contributed by atoms with Crippen LogP contribution < -0.4 is 39.7 Å². The summed E-state index contributed by atoms with van der Waals surface area (Å²) in [6, 6.07) is 18.5. The molecule has 0 saturated carbocycles. The van der Waals surface area contributed by atoms with Crippen molar-refractivity contribution >= 4 is 69.2 Å². The molecule has 1 atom stereocenters. The highest BCUT2D eigenvalue weighted by Gasteiger charge is 2.28. The van der Waals surface area contributed by atoms with Crippen molar-refractivity contribution in [2.24, 2.45) is 0 Å². The number of benzene rings is 2. The summed E-state index contributed by atoms with van der Waals surface area (Å²) < 4.78 is 62.1. The SMILES string of the molecule is COc1cc2c(N(C=O)Cc3ccccn3)c(N(C)CC(=O)NCCOCCOCCOCCOCCOCCOCCOCCNC(=O)CN(C=O)c3cnc4cc(-c5c(C)noc5C)c(OC)cc4c3N(C)C(C)c3ccccn3)cnc2cc1-c1c(C)noc1C. The van der Waals surface area contributed by atoms with Crippen molar-refractivity contribution in [3.8, 4) is 33.8 Å². The van der Waals surface area contributed by atoms with E-state index in [2.05, 4.69) is 30.9 Å². The summed E-state index contributed by atoms with van der Waals surface area (Å²) in [5.74, 6) is 1.74. The van der Waals surface area contributed by atoms with Crippen LogP contribution in [0.1, 0.15) is 47.3 Å². The molecule has 0 radical (unpaired) electrons. The van der Waals surface area contributed by atoms with Gasteiger partial charge in [0.05, 0.1) is 206 Å². The third kappa shape index (κ3) is 19.0. The fourth-order valence-corrected chi connectivity index (χ4v) is 10.6. The topological polar surface area (TPSA) is 292 Å². The van der Waals surface area contributed by atoms with Crippen LogP contribution in [-0.2, 0) is 58.9 Å². The molecule has 8 aromatic rings. The average molecular weight is 1300 g/mol. The molecule has 4 amide bonds. The van der Waals surface area contributed by atoms with Gasteiger partial charge in [0.15, 0.2) is 0 Å². The van der Waals surface area contributed by atoms with Crippen LogP contribution in [-0.4, -0.2) is 202 Å². The maximum absolute atomic E-state index is 13.3. The minimum absolute atomic E-state index is 0.0287. The van der Waals surface area contributed by atoms with E-state index >= 15 is 0 Å². The Balaban J connectivity index is 0.640. The molecular weight excluding hydrogens is 1210 g/mol. The molecule has 502 valence electrons. The quantitative estimate of drug-likeness (QED) is 0.0289. The van der Waals surface area contributed by atoms with Crippen LogP contribution >= 0.6 is 0 Å². The summed E-state index contributed by atoms with van der Waals surface area (Å²) in [6.07, 6.45) is 8.02. The van der Waals surface area contributed by atoms with Gasteiger partial charge in [0.1, 0.15) is 29.6 Å². The Morgan fingerprint density at radius 1 is 0.543 bits per heavy atom. The predicted octanol–water partition coefficient (Wildman–Crippen LogP) is 6.94. The summed E-state index contributed by atoms with van der Waals surface area (Å²) in [4.78, 5) is 77.3. The fourth-order valence-electron chi connectivity index (χ4n) is 10.6. The lowest BCUT2D eigenvalue weighted by atomic mass is 9.99. The minimum Gasteiger partial charge on any atom is -0.496 e. The summed E-state index contributed by atoms with van der Waals surface area (Å²) in [5, 5.41) is 15.3. The Kier molecular flexibility index (Phi) is 27.3. The first kappa shape index (κ1) is 70.6. The second-order valence-electron chi connectivity index (χ2n) is 21.7. The Bertz CT molecular complexity index is 3690. The summed E-state index contributed by atoms with van der Waals surface area (Å²) in [6.45, 7) is 14.8. The normalized spacial score (nSPS) is 11.6. The number of likely N-dealkylation sites (N-methyl/N-ethyl adjacent to an activating group) is 1. The molecule has 6 aromatic heterocycles. The van der Waals surface area contributed by atoms with E-state index < -0.39 is 0 Å². The number of hydrogen-bond acceptors (Lipinski definition) is 23. The number of amides is 4. The second kappa shape index (κ2) is 36.3. The van der Waals surface area contributed by atoms with Crippen molar-refractivity contribution in [3.05, 3.63) is 120 Å². The van der Waals surface area contributed by atoms with Crippen molar-refractivity contribution < 1.29 is 70.9 Å². The number of nitrogens with zero attached hydrogens (tertiary/aromatic N) is 10. The molecule has 0 saturated heterocycles. The molecule has 0 aliphatic rings. The van der Waals surface area contributed by atoms with Gasteiger partial charge >= 0.3 is 0 Å². The van der Waals surface area contributed by atoms with Crippen LogP contribution in [0.3, 0.4) is 0 Å². The van der Waals surface area contributed by atoms with Crippen molar-refractivity contribution in [2.75, 3.05) is 167 Å². The molecule has 0 bridgehead atoms. The first-order chi connectivity index (χ1) is 45.8.